The Hall–Kier alpha value is -2.39. The molecule has 2 aromatic carbocycles. The van der Waals surface area contributed by atoms with Crippen LogP contribution >= 0.6 is 11.6 Å². The Balaban J connectivity index is 1.44. The number of hydrogen-bond donors (Lipinski definition) is 1. The first-order chi connectivity index (χ1) is 19.4. The molecule has 0 spiro atoms. The Kier molecular flexibility index (Phi) is 8.86. The second-order valence-corrected chi connectivity index (χ2v) is 18.4. The fourth-order valence-electron chi connectivity index (χ4n) is 5.77. The lowest BCUT2D eigenvalue weighted by molar-refractivity contribution is -0.141. The lowest BCUT2D eigenvalue weighted by Crippen LogP contribution is -2.53. The number of ketones is 1. The van der Waals surface area contributed by atoms with Crippen molar-refractivity contribution in [3.8, 4) is 11.5 Å². The molecule has 0 radical (unpaired) electrons. The molecule has 1 fully saturated rings. The number of halogens is 1. The summed E-state index contributed by atoms with van der Waals surface area (Å²) in [5, 5.41) is 3.78. The number of carbonyl (C=O) groups excluding carboxylic acids is 2. The van der Waals surface area contributed by atoms with E-state index in [4.69, 9.17) is 25.5 Å². The molecule has 0 bridgehead atoms. The normalized spacial score (nSPS) is 20.4. The molecule has 2 aromatic rings. The van der Waals surface area contributed by atoms with Crippen molar-refractivity contribution in [3.05, 3.63) is 58.1 Å². The number of ether oxygens (including phenoxy) is 2. The molecule has 3 aliphatic rings. The third-order valence-corrected chi connectivity index (χ3v) is 13.8. The topological polar surface area (TPSA) is 77.1 Å². The average molecular weight is 599 g/mol. The van der Waals surface area contributed by atoms with Gasteiger partial charge in [0.25, 0.3) is 5.91 Å². The number of rotatable bonds is 9. The Morgan fingerprint density at radius 1 is 1.02 bits per heavy atom. The molecule has 9 heteroatoms. The fraction of sp³-hybridized carbons (Fsp3) is 0.562. The van der Waals surface area contributed by atoms with E-state index in [0.717, 1.165) is 42.6 Å². The lowest BCUT2D eigenvalue weighted by atomic mass is 9.98. The quantitative estimate of drug-likeness (QED) is 0.293. The number of likely N-dealkylation sites (tertiary alicyclic amines) is 1. The second-order valence-electron chi connectivity index (χ2n) is 13.2. The number of hydrogen-bond acceptors (Lipinski definition) is 6. The van der Waals surface area contributed by atoms with Crippen LogP contribution in [0.4, 0.5) is 0 Å². The zero-order chi connectivity index (χ0) is 29.4. The summed E-state index contributed by atoms with van der Waals surface area (Å²) >= 11 is 6.19. The second kappa shape index (κ2) is 12.1. The molecule has 2 aliphatic heterocycles. The Morgan fingerprint density at radius 2 is 1.71 bits per heavy atom. The number of benzene rings is 2. The largest absolute Gasteiger partial charge is 0.486 e. The molecule has 2 heterocycles. The molecule has 1 aliphatic carbocycles. The van der Waals surface area contributed by atoms with Gasteiger partial charge in [-0.2, -0.15) is 0 Å². The van der Waals surface area contributed by atoms with Gasteiger partial charge >= 0.3 is 0 Å². The van der Waals surface area contributed by atoms with E-state index >= 15 is 0 Å². The molecular weight excluding hydrogens is 556 g/mol. The molecular formula is C32H43ClN2O5Si. The van der Waals surface area contributed by atoms with Crippen LogP contribution in [0.25, 0.3) is 0 Å². The Bertz CT molecular complexity index is 1290. The van der Waals surface area contributed by atoms with Crippen LogP contribution in [-0.2, 0) is 26.9 Å². The van der Waals surface area contributed by atoms with Crippen molar-refractivity contribution in [1.29, 1.82) is 0 Å². The van der Waals surface area contributed by atoms with Crippen molar-refractivity contribution in [3.63, 3.8) is 0 Å². The predicted octanol–water partition coefficient (Wildman–Crippen LogP) is 5.74. The number of carbonyl (C=O) groups is 2. The van der Waals surface area contributed by atoms with Crippen molar-refractivity contribution in [1.82, 2.24) is 10.2 Å². The summed E-state index contributed by atoms with van der Waals surface area (Å²) < 4.78 is 18.8. The van der Waals surface area contributed by atoms with Gasteiger partial charge in [0, 0.05) is 17.5 Å². The van der Waals surface area contributed by atoms with Gasteiger partial charge in [-0.3, -0.25) is 9.59 Å². The average Bonchev–Trinajstić information content (AvgIpc) is 3.59. The standard InChI is InChI=1S/C32H43ClN2O5Si/c1-32(2,3)41(4,5)40-30(22-9-11-27-28(19-22)39-15-14-38-27)26(20-35-12-6-7-13-35)34-31(37)29(36)24-16-21-8-10-25(33)18-23(21)17-24/h8-11,18-19,24,26,30H,6-7,12-17,20H2,1-5H3,(H,34,37)/t24?,26-,30-/m1/s1. The van der Waals surface area contributed by atoms with Gasteiger partial charge in [-0.25, -0.2) is 0 Å². The summed E-state index contributed by atoms with van der Waals surface area (Å²) in [5.41, 5.74) is 3.05. The summed E-state index contributed by atoms with van der Waals surface area (Å²) in [7, 11) is -2.30. The summed E-state index contributed by atoms with van der Waals surface area (Å²) in [6.45, 7) is 14.6. The monoisotopic (exact) mass is 598 g/mol. The molecule has 1 N–H and O–H groups in total. The van der Waals surface area contributed by atoms with Gasteiger partial charge < -0.3 is 24.1 Å². The highest BCUT2D eigenvalue weighted by Gasteiger charge is 2.43. The van der Waals surface area contributed by atoms with Crippen LogP contribution in [-0.4, -0.2) is 63.8 Å². The first kappa shape index (κ1) is 30.1. The maximum Gasteiger partial charge on any atom is 0.288 e. The van der Waals surface area contributed by atoms with Gasteiger partial charge in [-0.15, -0.1) is 0 Å². The van der Waals surface area contributed by atoms with E-state index in [1.54, 1.807) is 0 Å². The molecule has 3 atom stereocenters. The molecule has 5 rings (SSSR count). The summed E-state index contributed by atoms with van der Waals surface area (Å²) in [4.78, 5) is 29.6. The van der Waals surface area contributed by atoms with Gasteiger partial charge in [0.15, 0.2) is 19.8 Å². The zero-order valence-electron chi connectivity index (χ0n) is 24.9. The van der Waals surface area contributed by atoms with Gasteiger partial charge in [0.1, 0.15) is 13.2 Å². The summed E-state index contributed by atoms with van der Waals surface area (Å²) in [6, 6.07) is 11.2. The van der Waals surface area contributed by atoms with Crippen molar-refractivity contribution in [2.45, 2.75) is 76.7 Å². The number of fused-ring (bicyclic) bond motifs is 2. The van der Waals surface area contributed by atoms with Crippen LogP contribution in [0.2, 0.25) is 23.2 Å². The van der Waals surface area contributed by atoms with Gasteiger partial charge in [-0.1, -0.05) is 44.5 Å². The Labute approximate surface area is 250 Å². The van der Waals surface area contributed by atoms with E-state index in [9.17, 15) is 9.59 Å². The van der Waals surface area contributed by atoms with E-state index < -0.39 is 26.4 Å². The highest BCUT2D eigenvalue weighted by Crippen LogP contribution is 2.42. The molecule has 0 saturated carbocycles. The highest BCUT2D eigenvalue weighted by molar-refractivity contribution is 6.74. The SMILES string of the molecule is CC(C)(C)[Si](C)(C)O[C@H](c1ccc2c(c1)OCCO2)[C@@H](CN1CCCC1)NC(=O)C(=O)C1Cc2ccc(Cl)cc2C1. The van der Waals surface area contributed by atoms with E-state index in [1.807, 2.05) is 36.4 Å². The number of nitrogens with zero attached hydrogens (tertiary/aromatic N) is 1. The molecule has 1 saturated heterocycles. The number of Topliss-reactive ketones (excluding diaryl/α,β-unsaturated/α-hetero) is 1. The smallest absolute Gasteiger partial charge is 0.288 e. The summed E-state index contributed by atoms with van der Waals surface area (Å²) in [6.07, 6.45) is 2.89. The molecule has 7 nitrogen and oxygen atoms in total. The molecule has 222 valence electrons. The van der Waals surface area contributed by atoms with Crippen molar-refractivity contribution in [2.24, 2.45) is 5.92 Å². The maximum absolute atomic E-state index is 13.7. The van der Waals surface area contributed by atoms with Crippen LogP contribution in [0.5, 0.6) is 11.5 Å². The molecule has 0 aromatic heterocycles. The maximum atomic E-state index is 13.7. The third-order valence-electron chi connectivity index (χ3n) is 9.15. The first-order valence-corrected chi connectivity index (χ1v) is 18.1. The van der Waals surface area contributed by atoms with Crippen LogP contribution in [0, 0.1) is 5.92 Å². The van der Waals surface area contributed by atoms with Gasteiger partial charge in [0.05, 0.1) is 12.1 Å². The zero-order valence-corrected chi connectivity index (χ0v) is 26.7. The first-order valence-electron chi connectivity index (χ1n) is 14.8. The Morgan fingerprint density at radius 3 is 2.41 bits per heavy atom. The molecule has 1 amide bonds. The molecule has 1 unspecified atom stereocenters. The highest BCUT2D eigenvalue weighted by atomic mass is 35.5. The van der Waals surface area contributed by atoms with E-state index in [0.29, 0.717) is 49.1 Å². The fourth-order valence-corrected chi connectivity index (χ4v) is 7.25. The summed E-state index contributed by atoms with van der Waals surface area (Å²) in [5.74, 6) is 0.0889. The predicted molar refractivity (Wildman–Crippen MR) is 163 cm³/mol. The van der Waals surface area contributed by atoms with E-state index in [-0.39, 0.29) is 16.7 Å². The van der Waals surface area contributed by atoms with Crippen molar-refractivity contribution in [2.75, 3.05) is 32.8 Å². The van der Waals surface area contributed by atoms with Crippen molar-refractivity contribution >= 4 is 31.6 Å². The van der Waals surface area contributed by atoms with E-state index in [2.05, 4.69) is 44.1 Å². The van der Waals surface area contributed by atoms with Crippen molar-refractivity contribution < 1.29 is 23.5 Å². The van der Waals surface area contributed by atoms with E-state index in [1.165, 1.54) is 0 Å². The van der Waals surface area contributed by atoms with Crippen LogP contribution in [0.1, 0.15) is 56.4 Å². The lowest BCUT2D eigenvalue weighted by Gasteiger charge is -2.42. The minimum Gasteiger partial charge on any atom is -0.486 e. The number of amides is 1. The van der Waals surface area contributed by atoms with Crippen LogP contribution in [0.3, 0.4) is 0 Å². The van der Waals surface area contributed by atoms with Gasteiger partial charge in [0.2, 0.25) is 5.78 Å². The minimum absolute atomic E-state index is 0.0476. The van der Waals surface area contributed by atoms with Crippen LogP contribution < -0.4 is 14.8 Å². The molecule has 41 heavy (non-hydrogen) atoms. The van der Waals surface area contributed by atoms with Gasteiger partial charge in [-0.05, 0) is 97.9 Å². The third kappa shape index (κ3) is 6.82. The minimum atomic E-state index is -2.30. The van der Waals surface area contributed by atoms with Crippen LogP contribution in [0.15, 0.2) is 36.4 Å². The number of nitrogens with one attached hydrogen (secondary N) is 1.